The van der Waals surface area contributed by atoms with E-state index in [1.807, 2.05) is 25.1 Å². The van der Waals surface area contributed by atoms with Crippen molar-refractivity contribution in [1.29, 1.82) is 0 Å². The molecule has 0 amide bonds. The van der Waals surface area contributed by atoms with E-state index in [-0.39, 0.29) is 0 Å². The first-order chi connectivity index (χ1) is 11.7. The molecule has 0 aromatic heterocycles. The van der Waals surface area contributed by atoms with Crippen LogP contribution >= 0.6 is 0 Å². The number of piperazine rings is 1. The number of rotatable bonds is 5. The Morgan fingerprint density at radius 2 is 1.71 bits per heavy atom. The maximum Gasteiger partial charge on any atom is 0.159 e. The molecule has 2 aromatic carbocycles. The van der Waals surface area contributed by atoms with E-state index in [0.29, 0.717) is 13.2 Å². The van der Waals surface area contributed by atoms with Gasteiger partial charge in [0.15, 0.2) is 11.6 Å². The summed E-state index contributed by atoms with van der Waals surface area (Å²) in [4.78, 5) is 4.57. The molecule has 1 saturated heterocycles. The fraction of sp³-hybridized carbons (Fsp3) is 0.368. The lowest BCUT2D eigenvalue weighted by molar-refractivity contribution is 0.248. The van der Waals surface area contributed by atoms with Gasteiger partial charge in [0.2, 0.25) is 0 Å². The number of benzene rings is 2. The van der Waals surface area contributed by atoms with Crippen LogP contribution in [0.15, 0.2) is 42.5 Å². The second-order valence-corrected chi connectivity index (χ2v) is 5.91. The first-order valence-corrected chi connectivity index (χ1v) is 8.30. The Morgan fingerprint density at radius 3 is 2.42 bits per heavy atom. The molecular weight excluding hydrogens is 310 g/mol. The molecule has 1 heterocycles. The minimum Gasteiger partial charge on any atom is -0.492 e. The van der Waals surface area contributed by atoms with Gasteiger partial charge in [-0.15, -0.1) is 0 Å². The number of nitrogens with zero attached hydrogens (tertiary/aromatic N) is 2. The molecule has 0 radical (unpaired) electrons. The van der Waals surface area contributed by atoms with Crippen LogP contribution in [0.1, 0.15) is 12.5 Å². The highest BCUT2D eigenvalue weighted by atomic mass is 19.2. The van der Waals surface area contributed by atoms with Crippen molar-refractivity contribution in [3.63, 3.8) is 0 Å². The van der Waals surface area contributed by atoms with Gasteiger partial charge in [-0.05, 0) is 36.8 Å². The van der Waals surface area contributed by atoms with Crippen LogP contribution in [0.2, 0.25) is 0 Å². The molecular formula is C19H22F2N2O. The van der Waals surface area contributed by atoms with E-state index in [4.69, 9.17) is 4.74 Å². The van der Waals surface area contributed by atoms with Crippen molar-refractivity contribution in [1.82, 2.24) is 4.90 Å². The summed E-state index contributed by atoms with van der Waals surface area (Å²) >= 11 is 0. The summed E-state index contributed by atoms with van der Waals surface area (Å²) in [5.41, 5.74) is 1.92. The van der Waals surface area contributed by atoms with Crippen LogP contribution in [0.5, 0.6) is 5.75 Å². The van der Waals surface area contributed by atoms with E-state index in [2.05, 4.69) is 15.9 Å². The van der Waals surface area contributed by atoms with Gasteiger partial charge in [-0.2, -0.15) is 0 Å². The van der Waals surface area contributed by atoms with Crippen LogP contribution in [0.3, 0.4) is 0 Å². The Morgan fingerprint density at radius 1 is 0.958 bits per heavy atom. The summed E-state index contributed by atoms with van der Waals surface area (Å²) in [6, 6.07) is 12.2. The molecule has 0 aliphatic carbocycles. The highest BCUT2D eigenvalue weighted by Crippen LogP contribution is 2.29. The third-order valence-corrected chi connectivity index (χ3v) is 4.27. The highest BCUT2D eigenvalue weighted by Gasteiger charge is 2.20. The standard InChI is InChI=1S/C19H22F2N2O/c1-2-24-19-6-4-3-5-18(19)23-11-9-22(10-12-23)14-15-7-8-16(20)17(21)13-15/h3-8,13H,2,9-12,14H2,1H3. The summed E-state index contributed by atoms with van der Waals surface area (Å²) in [6.45, 7) is 6.78. The molecule has 128 valence electrons. The zero-order valence-corrected chi connectivity index (χ0v) is 13.8. The zero-order chi connectivity index (χ0) is 16.9. The van der Waals surface area contributed by atoms with Gasteiger partial charge in [-0.3, -0.25) is 4.90 Å². The molecule has 0 bridgehead atoms. The zero-order valence-electron chi connectivity index (χ0n) is 13.8. The van der Waals surface area contributed by atoms with Gasteiger partial charge >= 0.3 is 0 Å². The molecule has 1 aliphatic heterocycles. The van der Waals surface area contributed by atoms with Crippen LogP contribution < -0.4 is 9.64 Å². The lowest BCUT2D eigenvalue weighted by atomic mass is 10.1. The fourth-order valence-corrected chi connectivity index (χ4v) is 3.04. The number of ether oxygens (including phenoxy) is 1. The van der Waals surface area contributed by atoms with Crippen molar-refractivity contribution >= 4 is 5.69 Å². The third-order valence-electron chi connectivity index (χ3n) is 4.27. The number of anilines is 1. The maximum atomic E-state index is 13.3. The number of hydrogen-bond donors (Lipinski definition) is 0. The molecule has 0 unspecified atom stereocenters. The smallest absolute Gasteiger partial charge is 0.159 e. The first-order valence-electron chi connectivity index (χ1n) is 8.30. The van der Waals surface area contributed by atoms with Gasteiger partial charge in [0.25, 0.3) is 0 Å². The van der Waals surface area contributed by atoms with Gasteiger partial charge < -0.3 is 9.64 Å². The summed E-state index contributed by atoms with van der Waals surface area (Å²) in [5, 5.41) is 0. The maximum absolute atomic E-state index is 13.3. The van der Waals surface area contributed by atoms with E-state index < -0.39 is 11.6 Å². The van der Waals surface area contributed by atoms with Crippen molar-refractivity contribution in [2.75, 3.05) is 37.7 Å². The molecule has 3 rings (SSSR count). The molecule has 1 fully saturated rings. The van der Waals surface area contributed by atoms with E-state index in [0.717, 1.165) is 43.2 Å². The van der Waals surface area contributed by atoms with Crippen molar-refractivity contribution < 1.29 is 13.5 Å². The number of halogens is 2. The molecule has 0 saturated carbocycles. The minimum atomic E-state index is -0.795. The molecule has 2 aromatic rings. The second-order valence-electron chi connectivity index (χ2n) is 5.91. The molecule has 24 heavy (non-hydrogen) atoms. The number of para-hydroxylation sites is 2. The largest absolute Gasteiger partial charge is 0.492 e. The summed E-state index contributed by atoms with van der Waals surface area (Å²) in [6.07, 6.45) is 0. The van der Waals surface area contributed by atoms with Gasteiger partial charge in [-0.25, -0.2) is 8.78 Å². The van der Waals surface area contributed by atoms with Crippen molar-refractivity contribution in [2.24, 2.45) is 0 Å². The topological polar surface area (TPSA) is 15.7 Å². The van der Waals surface area contributed by atoms with Gasteiger partial charge in [0.1, 0.15) is 5.75 Å². The van der Waals surface area contributed by atoms with Crippen LogP contribution in [0, 0.1) is 11.6 Å². The Balaban J connectivity index is 1.60. The summed E-state index contributed by atoms with van der Waals surface area (Å²) in [7, 11) is 0. The van der Waals surface area contributed by atoms with Crippen molar-refractivity contribution in [2.45, 2.75) is 13.5 Å². The lowest BCUT2D eigenvalue weighted by Gasteiger charge is -2.36. The average molecular weight is 332 g/mol. The molecule has 5 heteroatoms. The van der Waals surface area contributed by atoms with Crippen molar-refractivity contribution in [3.05, 3.63) is 59.7 Å². The monoisotopic (exact) mass is 332 g/mol. The molecule has 0 spiro atoms. The van der Waals surface area contributed by atoms with E-state index >= 15 is 0 Å². The quantitative estimate of drug-likeness (QED) is 0.831. The molecule has 0 N–H and O–H groups in total. The highest BCUT2D eigenvalue weighted by molar-refractivity contribution is 5.58. The Kier molecular flexibility index (Phi) is 5.30. The summed E-state index contributed by atoms with van der Waals surface area (Å²) in [5.74, 6) is -0.665. The van der Waals surface area contributed by atoms with E-state index in [1.54, 1.807) is 6.07 Å². The van der Waals surface area contributed by atoms with E-state index in [1.165, 1.54) is 12.1 Å². The minimum absolute atomic E-state index is 0.637. The Bertz CT molecular complexity index is 685. The van der Waals surface area contributed by atoms with E-state index in [9.17, 15) is 8.78 Å². The predicted octanol–water partition coefficient (Wildman–Crippen LogP) is 3.69. The van der Waals surface area contributed by atoms with Crippen LogP contribution in [0.25, 0.3) is 0 Å². The first kappa shape index (κ1) is 16.7. The third kappa shape index (κ3) is 3.85. The predicted molar refractivity (Wildman–Crippen MR) is 91.5 cm³/mol. The average Bonchev–Trinajstić information content (AvgIpc) is 2.60. The fourth-order valence-electron chi connectivity index (χ4n) is 3.04. The van der Waals surface area contributed by atoms with Crippen LogP contribution in [-0.2, 0) is 6.54 Å². The second kappa shape index (κ2) is 7.62. The lowest BCUT2D eigenvalue weighted by Crippen LogP contribution is -2.46. The van der Waals surface area contributed by atoms with Crippen LogP contribution in [0.4, 0.5) is 14.5 Å². The molecule has 0 atom stereocenters. The Hall–Kier alpha value is -2.14. The summed E-state index contributed by atoms with van der Waals surface area (Å²) < 4.78 is 32.0. The normalized spacial score (nSPS) is 15.5. The number of hydrogen-bond acceptors (Lipinski definition) is 3. The molecule has 3 nitrogen and oxygen atoms in total. The van der Waals surface area contributed by atoms with Gasteiger partial charge in [0.05, 0.1) is 12.3 Å². The van der Waals surface area contributed by atoms with Gasteiger partial charge in [0, 0.05) is 32.7 Å². The van der Waals surface area contributed by atoms with Crippen molar-refractivity contribution in [3.8, 4) is 5.75 Å². The molecule has 1 aliphatic rings. The Labute approximate surface area is 141 Å². The SMILES string of the molecule is CCOc1ccccc1N1CCN(Cc2ccc(F)c(F)c2)CC1. The van der Waals surface area contributed by atoms with Gasteiger partial charge in [-0.1, -0.05) is 18.2 Å². The van der Waals surface area contributed by atoms with Crippen LogP contribution in [-0.4, -0.2) is 37.7 Å².